The SMILES string of the molecule is COc1c(Cl)cc(Cl)cc1C1(C#N)CC1. The first kappa shape index (κ1) is 10.6. The first-order chi connectivity index (χ1) is 7.13. The number of rotatable bonds is 2. The van der Waals surface area contributed by atoms with Crippen LogP contribution in [0.15, 0.2) is 12.1 Å². The Bertz CT molecular complexity index is 447. The number of hydrogen-bond donors (Lipinski definition) is 0. The molecule has 1 aliphatic rings. The van der Waals surface area contributed by atoms with Crippen molar-refractivity contribution >= 4 is 23.2 Å². The standard InChI is InChI=1S/C11H9Cl2NO/c1-15-10-8(11(6-14)2-3-11)4-7(12)5-9(10)13/h4-5H,2-3H2,1H3. The summed E-state index contributed by atoms with van der Waals surface area (Å²) in [7, 11) is 1.55. The van der Waals surface area contributed by atoms with Crippen LogP contribution in [0.25, 0.3) is 0 Å². The van der Waals surface area contributed by atoms with Crippen molar-refractivity contribution in [3.63, 3.8) is 0 Å². The molecule has 1 aromatic rings. The first-order valence-corrected chi connectivity index (χ1v) is 5.33. The molecule has 0 aromatic heterocycles. The second-order valence-electron chi connectivity index (χ2n) is 3.66. The van der Waals surface area contributed by atoms with Gasteiger partial charge in [0.1, 0.15) is 5.75 Å². The lowest BCUT2D eigenvalue weighted by molar-refractivity contribution is 0.408. The summed E-state index contributed by atoms with van der Waals surface area (Å²) in [4.78, 5) is 0. The second-order valence-corrected chi connectivity index (χ2v) is 4.51. The predicted molar refractivity (Wildman–Crippen MR) is 59.5 cm³/mol. The third-order valence-electron chi connectivity index (χ3n) is 2.69. The molecule has 0 aliphatic heterocycles. The van der Waals surface area contributed by atoms with Crippen molar-refractivity contribution in [3.8, 4) is 11.8 Å². The van der Waals surface area contributed by atoms with E-state index in [4.69, 9.17) is 33.2 Å². The molecule has 78 valence electrons. The Balaban J connectivity index is 2.60. The second kappa shape index (κ2) is 3.59. The third-order valence-corrected chi connectivity index (χ3v) is 3.19. The lowest BCUT2D eigenvalue weighted by Crippen LogP contribution is -2.05. The van der Waals surface area contributed by atoms with Crippen molar-refractivity contribution < 1.29 is 4.74 Å². The fourth-order valence-electron chi connectivity index (χ4n) is 1.69. The Hall–Kier alpha value is -0.910. The number of hydrogen-bond acceptors (Lipinski definition) is 2. The minimum atomic E-state index is -0.431. The third kappa shape index (κ3) is 1.67. The number of halogens is 2. The van der Waals surface area contributed by atoms with Crippen LogP contribution in [0, 0.1) is 11.3 Å². The van der Waals surface area contributed by atoms with Crippen molar-refractivity contribution in [1.82, 2.24) is 0 Å². The van der Waals surface area contributed by atoms with E-state index < -0.39 is 5.41 Å². The van der Waals surface area contributed by atoms with E-state index in [2.05, 4.69) is 6.07 Å². The summed E-state index contributed by atoms with van der Waals surface area (Å²) in [5, 5.41) is 10.1. The molecular formula is C11H9Cl2NO. The van der Waals surface area contributed by atoms with Gasteiger partial charge in [0.05, 0.1) is 23.6 Å². The Morgan fingerprint density at radius 1 is 1.40 bits per heavy atom. The minimum Gasteiger partial charge on any atom is -0.495 e. The smallest absolute Gasteiger partial charge is 0.142 e. The molecule has 0 bridgehead atoms. The number of benzene rings is 1. The Labute approximate surface area is 98.4 Å². The van der Waals surface area contributed by atoms with E-state index in [-0.39, 0.29) is 0 Å². The molecule has 1 saturated carbocycles. The maximum Gasteiger partial charge on any atom is 0.142 e. The summed E-state index contributed by atoms with van der Waals surface area (Å²) in [5.74, 6) is 0.570. The van der Waals surface area contributed by atoms with Gasteiger partial charge in [0.15, 0.2) is 0 Å². The van der Waals surface area contributed by atoms with Crippen LogP contribution >= 0.6 is 23.2 Å². The number of nitriles is 1. The maximum atomic E-state index is 9.12. The van der Waals surface area contributed by atoms with Crippen LogP contribution in [0.2, 0.25) is 10.0 Å². The summed E-state index contributed by atoms with van der Waals surface area (Å²) in [6.07, 6.45) is 1.69. The molecule has 0 radical (unpaired) electrons. The zero-order chi connectivity index (χ0) is 11.1. The average Bonchev–Trinajstić information content (AvgIpc) is 2.97. The number of methoxy groups -OCH3 is 1. The largest absolute Gasteiger partial charge is 0.495 e. The topological polar surface area (TPSA) is 33.0 Å². The molecule has 2 rings (SSSR count). The highest BCUT2D eigenvalue weighted by Gasteiger charge is 2.47. The number of nitrogens with zero attached hydrogens (tertiary/aromatic N) is 1. The van der Waals surface area contributed by atoms with E-state index in [1.807, 2.05) is 0 Å². The summed E-state index contributed by atoms with van der Waals surface area (Å²) in [6, 6.07) is 5.69. The van der Waals surface area contributed by atoms with Gasteiger partial charge in [-0.1, -0.05) is 23.2 Å². The highest BCUT2D eigenvalue weighted by molar-refractivity contribution is 6.35. The summed E-state index contributed by atoms with van der Waals surface area (Å²) in [5.41, 5.74) is 0.380. The molecular weight excluding hydrogens is 233 g/mol. The molecule has 2 nitrogen and oxygen atoms in total. The molecule has 1 aromatic carbocycles. The van der Waals surface area contributed by atoms with Gasteiger partial charge in [0.25, 0.3) is 0 Å². The van der Waals surface area contributed by atoms with Gasteiger partial charge in [0.2, 0.25) is 0 Å². The molecule has 0 amide bonds. The summed E-state index contributed by atoms with van der Waals surface area (Å²) in [6.45, 7) is 0. The van der Waals surface area contributed by atoms with Crippen LogP contribution < -0.4 is 4.74 Å². The van der Waals surface area contributed by atoms with Crippen LogP contribution in [0.4, 0.5) is 0 Å². The van der Waals surface area contributed by atoms with E-state index in [0.29, 0.717) is 15.8 Å². The van der Waals surface area contributed by atoms with Gasteiger partial charge in [-0.3, -0.25) is 0 Å². The zero-order valence-electron chi connectivity index (χ0n) is 8.18. The molecule has 1 fully saturated rings. The quantitative estimate of drug-likeness (QED) is 0.794. The van der Waals surface area contributed by atoms with Crippen molar-refractivity contribution in [3.05, 3.63) is 27.7 Å². The van der Waals surface area contributed by atoms with Gasteiger partial charge in [-0.2, -0.15) is 5.26 Å². The Kier molecular flexibility index (Phi) is 2.54. The van der Waals surface area contributed by atoms with E-state index in [1.165, 1.54) is 0 Å². The van der Waals surface area contributed by atoms with Crippen LogP contribution in [0.3, 0.4) is 0 Å². The van der Waals surface area contributed by atoms with Crippen molar-refractivity contribution in [2.75, 3.05) is 7.11 Å². The monoisotopic (exact) mass is 241 g/mol. The van der Waals surface area contributed by atoms with Gasteiger partial charge in [-0.15, -0.1) is 0 Å². The lowest BCUT2D eigenvalue weighted by atomic mass is 9.97. The molecule has 0 spiro atoms. The zero-order valence-corrected chi connectivity index (χ0v) is 9.69. The highest BCUT2D eigenvalue weighted by Crippen LogP contribution is 2.52. The van der Waals surface area contributed by atoms with Crippen LogP contribution in [0.1, 0.15) is 18.4 Å². The Morgan fingerprint density at radius 3 is 2.53 bits per heavy atom. The van der Waals surface area contributed by atoms with Gasteiger partial charge < -0.3 is 4.74 Å². The van der Waals surface area contributed by atoms with Crippen LogP contribution in [-0.2, 0) is 5.41 Å². The molecule has 15 heavy (non-hydrogen) atoms. The van der Waals surface area contributed by atoms with E-state index >= 15 is 0 Å². The normalized spacial score (nSPS) is 16.9. The van der Waals surface area contributed by atoms with E-state index in [0.717, 1.165) is 18.4 Å². The molecule has 1 aliphatic carbocycles. The Morgan fingerprint density at radius 2 is 2.07 bits per heavy atom. The molecule has 0 heterocycles. The van der Waals surface area contributed by atoms with Crippen molar-refractivity contribution in [2.24, 2.45) is 0 Å². The van der Waals surface area contributed by atoms with E-state index in [1.54, 1.807) is 19.2 Å². The van der Waals surface area contributed by atoms with Crippen LogP contribution in [-0.4, -0.2) is 7.11 Å². The minimum absolute atomic E-state index is 0.431. The van der Waals surface area contributed by atoms with Gasteiger partial charge in [-0.25, -0.2) is 0 Å². The summed E-state index contributed by atoms with van der Waals surface area (Å²) >= 11 is 11.9. The lowest BCUT2D eigenvalue weighted by Gasteiger charge is -2.14. The van der Waals surface area contributed by atoms with Crippen molar-refractivity contribution in [2.45, 2.75) is 18.3 Å². The van der Waals surface area contributed by atoms with Crippen molar-refractivity contribution in [1.29, 1.82) is 5.26 Å². The van der Waals surface area contributed by atoms with Crippen LogP contribution in [0.5, 0.6) is 5.75 Å². The fraction of sp³-hybridized carbons (Fsp3) is 0.364. The molecule has 4 heteroatoms. The first-order valence-electron chi connectivity index (χ1n) is 4.58. The molecule has 0 unspecified atom stereocenters. The fourth-order valence-corrected chi connectivity index (χ4v) is 2.26. The van der Waals surface area contributed by atoms with Gasteiger partial charge in [-0.05, 0) is 25.0 Å². The number of ether oxygens (including phenoxy) is 1. The average molecular weight is 242 g/mol. The van der Waals surface area contributed by atoms with Gasteiger partial charge in [0, 0.05) is 10.6 Å². The van der Waals surface area contributed by atoms with E-state index in [9.17, 15) is 0 Å². The van der Waals surface area contributed by atoms with Gasteiger partial charge >= 0.3 is 0 Å². The summed E-state index contributed by atoms with van der Waals surface area (Å²) < 4.78 is 5.22. The molecule has 0 N–H and O–H groups in total. The molecule has 0 saturated heterocycles. The highest BCUT2D eigenvalue weighted by atomic mass is 35.5. The maximum absolute atomic E-state index is 9.12. The predicted octanol–water partition coefficient (Wildman–Crippen LogP) is 3.56. The molecule has 0 atom stereocenters.